The summed E-state index contributed by atoms with van der Waals surface area (Å²) in [5, 5.41) is 11.1. The lowest BCUT2D eigenvalue weighted by atomic mass is 9.98. The molecule has 1 unspecified atom stereocenters. The molecular weight excluding hydrogens is 416 g/mol. The van der Waals surface area contributed by atoms with Gasteiger partial charge in [0.05, 0.1) is 6.61 Å². The zero-order valence-electron chi connectivity index (χ0n) is 17.7. The van der Waals surface area contributed by atoms with Gasteiger partial charge in [-0.3, -0.25) is 14.9 Å². The third-order valence-corrected chi connectivity index (χ3v) is 5.12. The lowest BCUT2D eigenvalue weighted by molar-refractivity contribution is -0.154. The predicted octanol–water partition coefficient (Wildman–Crippen LogP) is 2.00. The molecule has 3 rings (SSSR count). The summed E-state index contributed by atoms with van der Waals surface area (Å²) in [6, 6.07) is 13.9. The van der Waals surface area contributed by atoms with E-state index in [9.17, 15) is 19.2 Å². The number of carboxylic acid groups (broad SMARTS) is 1. The topological polar surface area (TPSA) is 122 Å². The van der Waals surface area contributed by atoms with Crippen molar-refractivity contribution in [2.45, 2.75) is 18.9 Å². The lowest BCUT2D eigenvalue weighted by Gasteiger charge is -2.22. The van der Waals surface area contributed by atoms with E-state index in [-0.39, 0.29) is 19.1 Å². The highest BCUT2D eigenvalue weighted by Crippen LogP contribution is 2.44. The molecule has 0 saturated carbocycles. The highest BCUT2D eigenvalue weighted by atomic mass is 16.6. The zero-order chi connectivity index (χ0) is 23.3. The standard InChI is InChI=1S/C23H24N2O7/c1-3-31-22(29)20(21(28)25(2)12-19(26)27)24-23(30)32-13-18-16-10-6-4-8-14(16)15-9-5-7-11-17(15)18/h4-11,18,20H,3,12-13H2,1-2H3,(H,24,30)(H,26,27). The van der Waals surface area contributed by atoms with Gasteiger partial charge < -0.3 is 19.5 Å². The maximum atomic E-state index is 12.5. The van der Waals surface area contributed by atoms with Gasteiger partial charge in [-0.25, -0.2) is 9.59 Å². The maximum absolute atomic E-state index is 12.5. The molecule has 1 atom stereocenters. The van der Waals surface area contributed by atoms with Crippen LogP contribution in [0.4, 0.5) is 4.79 Å². The number of fused-ring (bicyclic) bond motifs is 3. The number of carbonyl (C=O) groups is 4. The summed E-state index contributed by atoms with van der Waals surface area (Å²) < 4.78 is 10.2. The molecule has 2 aromatic rings. The van der Waals surface area contributed by atoms with Crippen LogP contribution >= 0.6 is 0 Å². The Hall–Kier alpha value is -3.88. The van der Waals surface area contributed by atoms with Crippen LogP contribution in [-0.2, 0) is 23.9 Å². The molecule has 0 aromatic heterocycles. The summed E-state index contributed by atoms with van der Waals surface area (Å²) in [5.74, 6) is -3.37. The van der Waals surface area contributed by atoms with E-state index >= 15 is 0 Å². The lowest BCUT2D eigenvalue weighted by Crippen LogP contribution is -2.53. The van der Waals surface area contributed by atoms with Crippen molar-refractivity contribution in [1.29, 1.82) is 0 Å². The number of rotatable bonds is 8. The summed E-state index contributed by atoms with van der Waals surface area (Å²) in [7, 11) is 1.21. The molecular formula is C23H24N2O7. The molecule has 1 aliphatic rings. The minimum Gasteiger partial charge on any atom is -0.480 e. The van der Waals surface area contributed by atoms with Gasteiger partial charge in [-0.05, 0) is 29.2 Å². The van der Waals surface area contributed by atoms with Crippen molar-refractivity contribution in [3.05, 3.63) is 59.7 Å². The summed E-state index contributed by atoms with van der Waals surface area (Å²) in [4.78, 5) is 48.9. The highest BCUT2D eigenvalue weighted by molar-refractivity contribution is 6.04. The first-order valence-corrected chi connectivity index (χ1v) is 10.1. The highest BCUT2D eigenvalue weighted by Gasteiger charge is 2.34. The second-order valence-corrected chi connectivity index (χ2v) is 7.24. The zero-order valence-corrected chi connectivity index (χ0v) is 17.7. The molecule has 2 N–H and O–H groups in total. The second kappa shape index (κ2) is 9.95. The molecule has 0 heterocycles. The Bertz CT molecular complexity index is 991. The molecule has 0 saturated heterocycles. The van der Waals surface area contributed by atoms with Crippen molar-refractivity contribution in [2.24, 2.45) is 0 Å². The normalized spacial score (nSPS) is 12.8. The number of carboxylic acids is 1. The average molecular weight is 440 g/mol. The van der Waals surface area contributed by atoms with E-state index in [1.165, 1.54) is 7.05 Å². The summed E-state index contributed by atoms with van der Waals surface area (Å²) >= 11 is 0. The second-order valence-electron chi connectivity index (χ2n) is 7.24. The Balaban J connectivity index is 1.71. The maximum Gasteiger partial charge on any atom is 0.408 e. The van der Waals surface area contributed by atoms with Crippen LogP contribution in [-0.4, -0.2) is 66.8 Å². The first kappa shape index (κ1) is 22.8. The van der Waals surface area contributed by atoms with Gasteiger partial charge in [-0.1, -0.05) is 48.5 Å². The third-order valence-electron chi connectivity index (χ3n) is 5.12. The minimum atomic E-state index is -1.71. The number of amides is 2. The minimum absolute atomic E-state index is 0.00540. The van der Waals surface area contributed by atoms with E-state index in [0.717, 1.165) is 27.2 Å². The number of hydrogen-bond acceptors (Lipinski definition) is 6. The van der Waals surface area contributed by atoms with Gasteiger partial charge in [0.15, 0.2) is 0 Å². The number of benzene rings is 2. The van der Waals surface area contributed by atoms with Crippen molar-refractivity contribution in [3.63, 3.8) is 0 Å². The number of likely N-dealkylation sites (N-methyl/N-ethyl adjacent to an activating group) is 1. The quantitative estimate of drug-likeness (QED) is 0.475. The van der Waals surface area contributed by atoms with Crippen molar-refractivity contribution < 1.29 is 33.8 Å². The van der Waals surface area contributed by atoms with Gasteiger partial charge in [0, 0.05) is 13.0 Å². The molecule has 0 radical (unpaired) electrons. The first-order valence-electron chi connectivity index (χ1n) is 10.1. The van der Waals surface area contributed by atoms with Gasteiger partial charge in [0.1, 0.15) is 13.2 Å². The summed E-state index contributed by atoms with van der Waals surface area (Å²) in [6.45, 7) is 0.890. The summed E-state index contributed by atoms with van der Waals surface area (Å²) in [5.41, 5.74) is 4.15. The Morgan fingerprint density at radius 1 is 1.00 bits per heavy atom. The van der Waals surface area contributed by atoms with Crippen LogP contribution in [0.1, 0.15) is 24.0 Å². The van der Waals surface area contributed by atoms with E-state index < -0.39 is 36.5 Å². The van der Waals surface area contributed by atoms with Gasteiger partial charge in [-0.15, -0.1) is 0 Å². The number of hydrogen-bond donors (Lipinski definition) is 2. The number of nitrogens with one attached hydrogen (secondary N) is 1. The Kier molecular flexibility index (Phi) is 7.09. The average Bonchev–Trinajstić information content (AvgIpc) is 3.09. The first-order chi connectivity index (χ1) is 15.3. The fourth-order valence-electron chi connectivity index (χ4n) is 3.71. The molecule has 0 spiro atoms. The van der Waals surface area contributed by atoms with E-state index in [1.54, 1.807) is 6.92 Å². The summed E-state index contributed by atoms with van der Waals surface area (Å²) in [6.07, 6.45) is -0.984. The Morgan fingerprint density at radius 3 is 2.09 bits per heavy atom. The van der Waals surface area contributed by atoms with E-state index in [1.807, 2.05) is 48.5 Å². The van der Waals surface area contributed by atoms with Crippen LogP contribution in [0, 0.1) is 0 Å². The third kappa shape index (κ3) is 4.88. The fourth-order valence-corrected chi connectivity index (χ4v) is 3.71. The molecule has 9 nitrogen and oxygen atoms in total. The van der Waals surface area contributed by atoms with Gasteiger partial charge in [-0.2, -0.15) is 0 Å². The molecule has 0 fully saturated rings. The number of nitrogens with zero attached hydrogens (tertiary/aromatic N) is 1. The Morgan fingerprint density at radius 2 is 1.56 bits per heavy atom. The van der Waals surface area contributed by atoms with Crippen molar-refractivity contribution in [1.82, 2.24) is 10.2 Å². The van der Waals surface area contributed by atoms with Crippen molar-refractivity contribution >= 4 is 23.9 Å². The number of esters is 1. The molecule has 9 heteroatoms. The number of carbonyl (C=O) groups excluding carboxylic acids is 3. The predicted molar refractivity (Wildman–Crippen MR) is 114 cm³/mol. The molecule has 0 bridgehead atoms. The molecule has 32 heavy (non-hydrogen) atoms. The molecule has 2 amide bonds. The monoisotopic (exact) mass is 440 g/mol. The molecule has 1 aliphatic carbocycles. The van der Waals surface area contributed by atoms with Gasteiger partial charge in [0.25, 0.3) is 5.91 Å². The smallest absolute Gasteiger partial charge is 0.408 e. The van der Waals surface area contributed by atoms with Crippen LogP contribution < -0.4 is 5.32 Å². The fraction of sp³-hybridized carbons (Fsp3) is 0.304. The van der Waals surface area contributed by atoms with Gasteiger partial charge >= 0.3 is 18.0 Å². The molecule has 0 aliphatic heterocycles. The van der Waals surface area contributed by atoms with Crippen LogP contribution in [0.25, 0.3) is 11.1 Å². The van der Waals surface area contributed by atoms with Crippen LogP contribution in [0.3, 0.4) is 0 Å². The molecule has 168 valence electrons. The van der Waals surface area contributed by atoms with Crippen LogP contribution in [0.15, 0.2) is 48.5 Å². The van der Waals surface area contributed by atoms with E-state index in [0.29, 0.717) is 0 Å². The largest absolute Gasteiger partial charge is 0.480 e. The van der Waals surface area contributed by atoms with Crippen molar-refractivity contribution in [3.8, 4) is 11.1 Å². The number of ether oxygens (including phenoxy) is 2. The van der Waals surface area contributed by atoms with Crippen LogP contribution in [0.2, 0.25) is 0 Å². The number of aliphatic carboxylic acids is 1. The molecule has 2 aromatic carbocycles. The number of alkyl carbamates (subject to hydrolysis) is 1. The SMILES string of the molecule is CCOC(=O)C(NC(=O)OCC1c2ccccc2-c2ccccc21)C(=O)N(C)CC(=O)O. The van der Waals surface area contributed by atoms with Crippen molar-refractivity contribution in [2.75, 3.05) is 26.8 Å². The van der Waals surface area contributed by atoms with Crippen LogP contribution in [0.5, 0.6) is 0 Å². The van der Waals surface area contributed by atoms with E-state index in [4.69, 9.17) is 14.6 Å². The Labute approximate surface area is 184 Å². The van der Waals surface area contributed by atoms with Gasteiger partial charge in [0.2, 0.25) is 6.04 Å². The van der Waals surface area contributed by atoms with E-state index in [2.05, 4.69) is 5.32 Å².